The van der Waals surface area contributed by atoms with Crippen LogP contribution in [0.2, 0.25) is 0 Å². The third-order valence-electron chi connectivity index (χ3n) is 4.01. The molecule has 0 fully saturated rings. The molecule has 1 N–H and O–H groups in total. The molecule has 0 aliphatic carbocycles. The van der Waals surface area contributed by atoms with Crippen LogP contribution in [-0.4, -0.2) is 37.9 Å². The lowest BCUT2D eigenvalue weighted by Gasteiger charge is -2.10. The maximum Gasteiger partial charge on any atom is 0.223 e. The summed E-state index contributed by atoms with van der Waals surface area (Å²) in [6, 6.07) is 7.53. The third kappa shape index (κ3) is 4.34. The molecule has 0 unspecified atom stereocenters. The highest BCUT2D eigenvalue weighted by Crippen LogP contribution is 2.35. The summed E-state index contributed by atoms with van der Waals surface area (Å²) >= 11 is 4.92. The van der Waals surface area contributed by atoms with E-state index in [1.165, 1.54) is 18.3 Å². The van der Waals surface area contributed by atoms with Crippen LogP contribution in [-0.2, 0) is 4.79 Å². The maximum atomic E-state index is 11.3. The van der Waals surface area contributed by atoms with Crippen LogP contribution in [0.25, 0.3) is 33.3 Å². The molecular formula is C20H15BrN6O2S. The van der Waals surface area contributed by atoms with Gasteiger partial charge in [-0.05, 0) is 24.3 Å². The molecule has 0 aliphatic rings. The molecule has 8 nitrogen and oxygen atoms in total. The standard InChI is InChI=1S/C20H15BrN6O2S/c1-11(28)25-20-24-10-18(30-20)16-8-15(13-7-12(29-2)3-4-14(13)21)26-19(27-16)17-9-22-5-6-23-17/h3-10H,1-2H3,(H,24,25,28). The van der Waals surface area contributed by atoms with Gasteiger partial charge in [-0.2, -0.15) is 0 Å². The molecule has 30 heavy (non-hydrogen) atoms. The smallest absolute Gasteiger partial charge is 0.223 e. The van der Waals surface area contributed by atoms with Crippen LogP contribution < -0.4 is 10.1 Å². The average Bonchev–Trinajstić information content (AvgIpc) is 3.22. The molecule has 4 rings (SSSR count). The van der Waals surface area contributed by atoms with Gasteiger partial charge in [-0.3, -0.25) is 9.78 Å². The Morgan fingerprint density at radius 1 is 1.07 bits per heavy atom. The van der Waals surface area contributed by atoms with Crippen molar-refractivity contribution in [2.45, 2.75) is 6.92 Å². The first kappa shape index (κ1) is 20.0. The molecule has 0 aliphatic heterocycles. The van der Waals surface area contributed by atoms with Crippen molar-refractivity contribution in [3.8, 4) is 39.1 Å². The summed E-state index contributed by atoms with van der Waals surface area (Å²) in [5.41, 5.74) is 2.73. The van der Waals surface area contributed by atoms with Gasteiger partial charge in [-0.25, -0.2) is 19.9 Å². The Hall–Kier alpha value is -3.24. The first-order valence-corrected chi connectivity index (χ1v) is 10.4. The number of hydrogen-bond donors (Lipinski definition) is 1. The van der Waals surface area contributed by atoms with Gasteiger partial charge in [0.2, 0.25) is 5.91 Å². The normalized spacial score (nSPS) is 10.6. The lowest BCUT2D eigenvalue weighted by atomic mass is 10.1. The van der Waals surface area contributed by atoms with Gasteiger partial charge >= 0.3 is 0 Å². The van der Waals surface area contributed by atoms with Crippen molar-refractivity contribution in [3.05, 3.63) is 53.5 Å². The van der Waals surface area contributed by atoms with Crippen molar-refractivity contribution in [3.63, 3.8) is 0 Å². The van der Waals surface area contributed by atoms with Crippen molar-refractivity contribution >= 4 is 38.3 Å². The first-order valence-electron chi connectivity index (χ1n) is 8.76. The van der Waals surface area contributed by atoms with E-state index >= 15 is 0 Å². The number of halogens is 1. The number of ether oxygens (including phenoxy) is 1. The molecule has 150 valence electrons. The summed E-state index contributed by atoms with van der Waals surface area (Å²) in [5, 5.41) is 3.19. The molecule has 3 heterocycles. The predicted octanol–water partition coefficient (Wildman–Crippen LogP) is 4.45. The Kier molecular flexibility index (Phi) is 5.77. The zero-order valence-corrected chi connectivity index (χ0v) is 18.4. The van der Waals surface area contributed by atoms with Crippen molar-refractivity contribution in [1.82, 2.24) is 24.9 Å². The van der Waals surface area contributed by atoms with E-state index in [0.29, 0.717) is 33.8 Å². The van der Waals surface area contributed by atoms with Gasteiger partial charge < -0.3 is 10.1 Å². The van der Waals surface area contributed by atoms with Gasteiger partial charge in [0, 0.05) is 35.6 Å². The van der Waals surface area contributed by atoms with E-state index in [4.69, 9.17) is 9.72 Å². The van der Waals surface area contributed by atoms with Crippen LogP contribution in [0.5, 0.6) is 5.75 Å². The minimum absolute atomic E-state index is 0.181. The Balaban J connectivity index is 1.88. The van der Waals surface area contributed by atoms with E-state index in [1.54, 1.807) is 31.9 Å². The summed E-state index contributed by atoms with van der Waals surface area (Å²) < 4.78 is 6.23. The second-order valence-corrected chi connectivity index (χ2v) is 7.99. The van der Waals surface area contributed by atoms with E-state index in [1.807, 2.05) is 24.3 Å². The highest BCUT2D eigenvalue weighted by Gasteiger charge is 2.16. The number of rotatable bonds is 5. The highest BCUT2D eigenvalue weighted by molar-refractivity contribution is 9.10. The van der Waals surface area contributed by atoms with Crippen molar-refractivity contribution in [2.24, 2.45) is 0 Å². The monoisotopic (exact) mass is 482 g/mol. The summed E-state index contributed by atoms with van der Waals surface area (Å²) in [4.78, 5) is 34.2. The second kappa shape index (κ2) is 8.64. The van der Waals surface area contributed by atoms with Crippen LogP contribution in [0.1, 0.15) is 6.92 Å². The van der Waals surface area contributed by atoms with Crippen LogP contribution in [0.4, 0.5) is 5.13 Å². The molecule has 0 saturated heterocycles. The number of carbonyl (C=O) groups excluding carboxylic acids is 1. The number of carbonyl (C=O) groups is 1. The van der Waals surface area contributed by atoms with E-state index in [0.717, 1.165) is 14.9 Å². The number of benzene rings is 1. The van der Waals surface area contributed by atoms with E-state index in [2.05, 4.69) is 41.2 Å². The number of nitrogens with one attached hydrogen (secondary N) is 1. The number of nitrogens with zero attached hydrogens (tertiary/aromatic N) is 5. The summed E-state index contributed by atoms with van der Waals surface area (Å²) in [7, 11) is 1.62. The fourth-order valence-corrected chi connectivity index (χ4v) is 3.94. The zero-order chi connectivity index (χ0) is 21.1. The fourth-order valence-electron chi connectivity index (χ4n) is 2.67. The van der Waals surface area contributed by atoms with Gasteiger partial charge in [0.1, 0.15) is 11.4 Å². The number of thiazole rings is 1. The molecule has 0 saturated carbocycles. The molecule has 0 radical (unpaired) electrons. The Morgan fingerprint density at radius 3 is 2.63 bits per heavy atom. The van der Waals surface area contributed by atoms with Crippen LogP contribution in [0, 0.1) is 0 Å². The Bertz CT molecular complexity index is 1220. The Morgan fingerprint density at radius 2 is 1.90 bits per heavy atom. The van der Waals surface area contributed by atoms with Crippen molar-refractivity contribution in [2.75, 3.05) is 12.4 Å². The number of hydrogen-bond acceptors (Lipinski definition) is 8. The topological polar surface area (TPSA) is 103 Å². The van der Waals surface area contributed by atoms with Gasteiger partial charge in [-0.1, -0.05) is 27.3 Å². The van der Waals surface area contributed by atoms with Gasteiger partial charge in [0.05, 0.1) is 29.6 Å². The third-order valence-corrected chi connectivity index (χ3v) is 5.64. The number of amides is 1. The molecule has 0 spiro atoms. The maximum absolute atomic E-state index is 11.3. The minimum atomic E-state index is -0.181. The van der Waals surface area contributed by atoms with E-state index < -0.39 is 0 Å². The molecule has 1 amide bonds. The quantitative estimate of drug-likeness (QED) is 0.447. The van der Waals surface area contributed by atoms with Gasteiger partial charge in [0.25, 0.3) is 0 Å². The summed E-state index contributed by atoms with van der Waals surface area (Å²) in [5.74, 6) is 0.958. The van der Waals surface area contributed by atoms with Crippen LogP contribution in [0.15, 0.2) is 53.5 Å². The lowest BCUT2D eigenvalue weighted by Crippen LogP contribution is -2.04. The molecule has 10 heteroatoms. The summed E-state index contributed by atoms with van der Waals surface area (Å²) in [6.45, 7) is 1.44. The molecular weight excluding hydrogens is 468 g/mol. The molecule has 4 aromatic rings. The van der Waals surface area contributed by atoms with Crippen LogP contribution >= 0.6 is 27.3 Å². The average molecular weight is 483 g/mol. The molecule has 3 aromatic heterocycles. The largest absolute Gasteiger partial charge is 0.497 e. The number of aromatic nitrogens is 5. The van der Waals surface area contributed by atoms with Gasteiger partial charge in [-0.15, -0.1) is 0 Å². The predicted molar refractivity (Wildman–Crippen MR) is 118 cm³/mol. The Labute approximate surface area is 184 Å². The fraction of sp³-hybridized carbons (Fsp3) is 0.100. The number of anilines is 1. The molecule has 1 aromatic carbocycles. The SMILES string of the molecule is COc1ccc(Br)c(-c2cc(-c3cnc(NC(C)=O)s3)nc(-c3cnccn3)n2)c1. The van der Waals surface area contributed by atoms with Crippen LogP contribution in [0.3, 0.4) is 0 Å². The number of methoxy groups -OCH3 is 1. The lowest BCUT2D eigenvalue weighted by molar-refractivity contribution is -0.114. The van der Waals surface area contributed by atoms with Crippen molar-refractivity contribution in [1.29, 1.82) is 0 Å². The molecule has 0 atom stereocenters. The second-order valence-electron chi connectivity index (χ2n) is 6.11. The van der Waals surface area contributed by atoms with Crippen molar-refractivity contribution < 1.29 is 9.53 Å². The van der Waals surface area contributed by atoms with E-state index in [9.17, 15) is 4.79 Å². The molecule has 0 bridgehead atoms. The van der Waals surface area contributed by atoms with E-state index in [-0.39, 0.29) is 5.91 Å². The first-order chi connectivity index (χ1) is 14.5. The summed E-state index contributed by atoms with van der Waals surface area (Å²) in [6.07, 6.45) is 6.46. The van der Waals surface area contributed by atoms with Gasteiger partial charge in [0.15, 0.2) is 11.0 Å². The highest BCUT2D eigenvalue weighted by atomic mass is 79.9. The zero-order valence-electron chi connectivity index (χ0n) is 16.0. The minimum Gasteiger partial charge on any atom is -0.497 e.